The van der Waals surface area contributed by atoms with E-state index in [9.17, 15) is 13.6 Å². The van der Waals surface area contributed by atoms with Gasteiger partial charge in [-0.2, -0.15) is 0 Å². The van der Waals surface area contributed by atoms with Gasteiger partial charge in [-0.3, -0.25) is 4.79 Å². The fourth-order valence-corrected chi connectivity index (χ4v) is 3.54. The number of halogens is 2. The Morgan fingerprint density at radius 3 is 2.65 bits per heavy atom. The number of rotatable bonds is 3. The number of fused-ring (bicyclic) bond motifs is 1. The van der Waals surface area contributed by atoms with Crippen molar-refractivity contribution < 1.29 is 23.0 Å². The number of Topliss-reactive ketones (excluding diaryl/α,β-unsaturated/α-hetero) is 1. The van der Waals surface area contributed by atoms with E-state index in [1.807, 2.05) is 0 Å². The zero-order chi connectivity index (χ0) is 16.6. The molecule has 2 aromatic rings. The van der Waals surface area contributed by atoms with Crippen molar-refractivity contribution in [1.29, 1.82) is 0 Å². The minimum atomic E-state index is -0.764. The first-order valence-electron chi connectivity index (χ1n) is 6.67. The lowest BCUT2D eigenvalue weighted by atomic mass is 10.0. The topological polar surface area (TPSA) is 61.3 Å². The number of benzene rings is 1. The summed E-state index contributed by atoms with van der Waals surface area (Å²) >= 11 is 1.12. The maximum absolute atomic E-state index is 14.0. The van der Waals surface area contributed by atoms with Crippen molar-refractivity contribution in [2.24, 2.45) is 0 Å². The highest BCUT2D eigenvalue weighted by Crippen LogP contribution is 2.45. The van der Waals surface area contributed by atoms with Gasteiger partial charge in [-0.1, -0.05) is 0 Å². The normalized spacial score (nSPS) is 16.9. The number of hydrogen-bond donors (Lipinski definition) is 0. The van der Waals surface area contributed by atoms with Crippen LogP contribution in [-0.4, -0.2) is 30.0 Å². The van der Waals surface area contributed by atoms with E-state index >= 15 is 0 Å². The lowest BCUT2D eigenvalue weighted by Gasteiger charge is -2.23. The highest BCUT2D eigenvalue weighted by atomic mass is 32.2. The smallest absolute Gasteiger partial charge is 0.278 e. The molecule has 3 rings (SSSR count). The van der Waals surface area contributed by atoms with E-state index in [2.05, 4.69) is 9.97 Å². The molecule has 1 unspecified atom stereocenters. The fraction of sp³-hybridized carbons (Fsp3) is 0.267. The number of ether oxygens (including phenoxy) is 2. The average molecular weight is 338 g/mol. The Labute approximate surface area is 135 Å². The van der Waals surface area contributed by atoms with E-state index in [1.54, 1.807) is 0 Å². The van der Waals surface area contributed by atoms with Crippen LogP contribution < -0.4 is 9.47 Å². The molecule has 0 fully saturated rings. The molecular formula is C15H12F2N2O3S. The molecular weight excluding hydrogens is 326 g/mol. The third-order valence-electron chi connectivity index (χ3n) is 3.38. The third kappa shape index (κ3) is 2.86. The van der Waals surface area contributed by atoms with Crippen LogP contribution in [0.3, 0.4) is 0 Å². The monoisotopic (exact) mass is 338 g/mol. The summed E-state index contributed by atoms with van der Waals surface area (Å²) < 4.78 is 37.3. The Morgan fingerprint density at radius 1 is 1.22 bits per heavy atom. The van der Waals surface area contributed by atoms with Gasteiger partial charge in [-0.05, 0) is 6.07 Å². The van der Waals surface area contributed by atoms with Crippen LogP contribution in [-0.2, 0) is 0 Å². The minimum absolute atomic E-state index is 0.0668. The van der Waals surface area contributed by atoms with Crippen molar-refractivity contribution in [1.82, 2.24) is 9.97 Å². The molecule has 1 aliphatic heterocycles. The molecule has 23 heavy (non-hydrogen) atoms. The molecule has 1 aliphatic rings. The van der Waals surface area contributed by atoms with Gasteiger partial charge in [-0.25, -0.2) is 18.7 Å². The maximum atomic E-state index is 14.0. The Kier molecular flexibility index (Phi) is 4.16. The second-order valence-electron chi connectivity index (χ2n) is 4.81. The molecule has 1 aromatic carbocycles. The quantitative estimate of drug-likeness (QED) is 0.856. The van der Waals surface area contributed by atoms with Crippen LogP contribution in [0.2, 0.25) is 0 Å². The van der Waals surface area contributed by atoms with Gasteiger partial charge in [0.1, 0.15) is 11.6 Å². The average Bonchev–Trinajstić information content (AvgIpc) is 2.55. The van der Waals surface area contributed by atoms with Crippen molar-refractivity contribution in [2.45, 2.75) is 16.6 Å². The van der Waals surface area contributed by atoms with Gasteiger partial charge in [-0.15, -0.1) is 11.8 Å². The molecule has 1 aromatic heterocycles. The van der Waals surface area contributed by atoms with E-state index < -0.39 is 16.9 Å². The first kappa shape index (κ1) is 15.7. The summed E-state index contributed by atoms with van der Waals surface area (Å²) in [6.07, 6.45) is 1.53. The second-order valence-corrected chi connectivity index (χ2v) is 6.02. The summed E-state index contributed by atoms with van der Waals surface area (Å²) in [4.78, 5) is 20.7. The van der Waals surface area contributed by atoms with Gasteiger partial charge in [0.05, 0.1) is 36.3 Å². The van der Waals surface area contributed by atoms with Crippen LogP contribution in [0.1, 0.15) is 27.7 Å². The van der Waals surface area contributed by atoms with Gasteiger partial charge in [0.15, 0.2) is 5.78 Å². The number of aromatic nitrogens is 2. The summed E-state index contributed by atoms with van der Waals surface area (Å²) in [5.74, 6) is -1.45. The molecule has 1 atom stereocenters. The minimum Gasteiger partial charge on any atom is -0.477 e. The number of nitrogens with zero attached hydrogens (tertiary/aromatic N) is 2. The Bertz CT molecular complexity index is 786. The van der Waals surface area contributed by atoms with Crippen molar-refractivity contribution in [3.05, 3.63) is 41.2 Å². The highest BCUT2D eigenvalue weighted by molar-refractivity contribution is 7.99. The molecule has 0 amide bonds. The molecule has 5 nitrogen and oxygen atoms in total. The van der Waals surface area contributed by atoms with Crippen LogP contribution >= 0.6 is 11.8 Å². The van der Waals surface area contributed by atoms with E-state index in [0.717, 1.165) is 23.9 Å². The first-order chi connectivity index (χ1) is 11.0. The van der Waals surface area contributed by atoms with Gasteiger partial charge >= 0.3 is 0 Å². The molecule has 0 saturated carbocycles. The van der Waals surface area contributed by atoms with Gasteiger partial charge < -0.3 is 9.47 Å². The summed E-state index contributed by atoms with van der Waals surface area (Å²) in [6.45, 7) is 0. The summed E-state index contributed by atoms with van der Waals surface area (Å²) in [6, 6.07) is 1.83. The molecule has 0 radical (unpaired) electrons. The lowest BCUT2D eigenvalue weighted by Crippen LogP contribution is -2.15. The number of hydrogen-bond acceptors (Lipinski definition) is 6. The van der Waals surface area contributed by atoms with E-state index in [1.165, 1.54) is 20.4 Å². The predicted octanol–water partition coefficient (Wildman–Crippen LogP) is 3.19. The molecule has 0 N–H and O–H groups in total. The van der Waals surface area contributed by atoms with Crippen LogP contribution in [0.25, 0.3) is 0 Å². The molecule has 0 bridgehead atoms. The van der Waals surface area contributed by atoms with Crippen LogP contribution in [0.15, 0.2) is 23.2 Å². The number of carbonyl (C=O) groups is 1. The second kappa shape index (κ2) is 6.11. The summed E-state index contributed by atoms with van der Waals surface area (Å²) in [7, 11) is 2.86. The number of ketones is 1. The maximum Gasteiger partial charge on any atom is 0.278 e. The van der Waals surface area contributed by atoms with Crippen LogP contribution in [0, 0.1) is 11.6 Å². The van der Waals surface area contributed by atoms with Crippen molar-refractivity contribution in [2.75, 3.05) is 14.2 Å². The number of thioether (sulfide) groups is 1. The van der Waals surface area contributed by atoms with Crippen molar-refractivity contribution in [3.8, 4) is 11.8 Å². The Balaban J connectivity index is 1.99. The van der Waals surface area contributed by atoms with Crippen LogP contribution in [0.4, 0.5) is 8.78 Å². The summed E-state index contributed by atoms with van der Waals surface area (Å²) in [5.41, 5.74) is 0.535. The van der Waals surface area contributed by atoms with Gasteiger partial charge in [0.25, 0.3) is 11.8 Å². The molecule has 0 aliphatic carbocycles. The zero-order valence-corrected chi connectivity index (χ0v) is 13.1. The molecule has 2 heterocycles. The first-order valence-corrected chi connectivity index (χ1v) is 7.55. The Hall–Kier alpha value is -2.22. The number of methoxy groups -OCH3 is 2. The van der Waals surface area contributed by atoms with Crippen molar-refractivity contribution in [3.63, 3.8) is 0 Å². The predicted molar refractivity (Wildman–Crippen MR) is 79.0 cm³/mol. The zero-order valence-electron chi connectivity index (χ0n) is 12.3. The Morgan fingerprint density at radius 2 is 1.96 bits per heavy atom. The number of carbonyl (C=O) groups excluding carboxylic acids is 1. The standard InChI is InChI=1S/C15H12F2N2O3S/c1-21-14-15(22-2)19-10(6-18-14)12-5-11(20)8-3-7(16)4-9(17)13(8)23-12/h3-4,6,12H,5H2,1-2H3. The molecule has 120 valence electrons. The summed E-state index contributed by atoms with van der Waals surface area (Å²) in [5, 5.41) is -0.428. The van der Waals surface area contributed by atoms with E-state index in [4.69, 9.17) is 9.47 Å². The van der Waals surface area contributed by atoms with Crippen molar-refractivity contribution >= 4 is 17.5 Å². The van der Waals surface area contributed by atoms with Crippen LogP contribution in [0.5, 0.6) is 11.8 Å². The fourth-order valence-electron chi connectivity index (χ4n) is 2.32. The SMILES string of the molecule is COc1ncc(C2CC(=O)c3cc(F)cc(F)c3S2)nc1OC. The van der Waals surface area contributed by atoms with E-state index in [-0.39, 0.29) is 34.4 Å². The molecule has 0 spiro atoms. The largest absolute Gasteiger partial charge is 0.477 e. The highest BCUT2D eigenvalue weighted by Gasteiger charge is 2.31. The lowest BCUT2D eigenvalue weighted by molar-refractivity contribution is 0.0974. The third-order valence-corrected chi connectivity index (χ3v) is 4.73. The molecule has 0 saturated heterocycles. The van der Waals surface area contributed by atoms with Gasteiger partial charge in [0, 0.05) is 18.1 Å². The van der Waals surface area contributed by atoms with E-state index in [0.29, 0.717) is 5.69 Å². The van der Waals surface area contributed by atoms with Gasteiger partial charge in [0.2, 0.25) is 0 Å². The molecule has 8 heteroatoms.